The number of ether oxygens (including phenoxy) is 1. The van der Waals surface area contributed by atoms with Gasteiger partial charge in [-0.25, -0.2) is 4.98 Å². The van der Waals surface area contributed by atoms with Gasteiger partial charge in [-0.05, 0) is 42.5 Å². The molecule has 0 radical (unpaired) electrons. The van der Waals surface area contributed by atoms with Gasteiger partial charge in [0, 0.05) is 5.56 Å². The second-order valence-corrected chi connectivity index (χ2v) is 4.68. The highest BCUT2D eigenvalue weighted by Crippen LogP contribution is 2.31. The molecule has 0 atom stereocenters. The zero-order chi connectivity index (χ0) is 15.7. The van der Waals surface area contributed by atoms with Crippen molar-refractivity contribution in [3.05, 3.63) is 54.2 Å². The Hall–Kier alpha value is -2.63. The molecular weight excluding hydrogens is 293 g/mol. The summed E-state index contributed by atoms with van der Waals surface area (Å²) in [7, 11) is 1.56. The van der Waals surface area contributed by atoms with Gasteiger partial charge in [0.25, 0.3) is 0 Å². The van der Waals surface area contributed by atoms with Crippen molar-refractivity contribution in [1.29, 1.82) is 0 Å². The van der Waals surface area contributed by atoms with Crippen LogP contribution in [-0.4, -0.2) is 17.1 Å². The summed E-state index contributed by atoms with van der Waals surface area (Å²) in [6.45, 7) is 0. The van der Waals surface area contributed by atoms with E-state index >= 15 is 0 Å². The van der Waals surface area contributed by atoms with Crippen LogP contribution in [0.25, 0.3) is 22.3 Å². The molecule has 1 aromatic heterocycles. The lowest BCUT2D eigenvalue weighted by atomic mass is 10.1. The molecule has 0 unspecified atom stereocenters. The molecule has 2 aromatic carbocycles. The summed E-state index contributed by atoms with van der Waals surface area (Å²) >= 11 is 0. The lowest BCUT2D eigenvalue weighted by molar-refractivity contribution is -0.137. The second kappa shape index (κ2) is 5.29. The summed E-state index contributed by atoms with van der Waals surface area (Å²) in [6, 6.07) is 10.4. The first-order valence-electron chi connectivity index (χ1n) is 6.46. The number of fused-ring (bicyclic) bond motifs is 1. The predicted molar refractivity (Wildman–Crippen MR) is 76.5 cm³/mol. The molecule has 3 aromatic rings. The van der Waals surface area contributed by atoms with Crippen molar-refractivity contribution < 1.29 is 17.9 Å². The Morgan fingerprint density at radius 1 is 0.955 bits per heavy atom. The number of rotatable bonds is 2. The van der Waals surface area contributed by atoms with Gasteiger partial charge >= 0.3 is 6.18 Å². The molecular formula is C16H11F3N2O. The van der Waals surface area contributed by atoms with Gasteiger partial charge in [-0.15, -0.1) is 0 Å². The molecule has 1 heterocycles. The number of nitrogens with zero attached hydrogens (tertiary/aromatic N) is 2. The monoisotopic (exact) mass is 304 g/mol. The minimum atomic E-state index is -4.40. The van der Waals surface area contributed by atoms with Crippen LogP contribution < -0.4 is 4.74 Å². The van der Waals surface area contributed by atoms with E-state index in [1.54, 1.807) is 31.4 Å². The van der Waals surface area contributed by atoms with Crippen molar-refractivity contribution >= 4 is 11.0 Å². The predicted octanol–water partition coefficient (Wildman–Crippen LogP) is 4.32. The van der Waals surface area contributed by atoms with Crippen LogP contribution in [-0.2, 0) is 6.18 Å². The maximum atomic E-state index is 12.8. The molecule has 0 aliphatic carbocycles. The third-order valence-electron chi connectivity index (χ3n) is 3.26. The number of benzene rings is 2. The molecule has 0 bridgehead atoms. The Labute approximate surface area is 124 Å². The fourth-order valence-corrected chi connectivity index (χ4v) is 2.09. The molecule has 0 spiro atoms. The maximum absolute atomic E-state index is 12.8. The zero-order valence-corrected chi connectivity index (χ0v) is 11.6. The first-order valence-corrected chi connectivity index (χ1v) is 6.46. The van der Waals surface area contributed by atoms with Gasteiger partial charge in [-0.1, -0.05) is 0 Å². The lowest BCUT2D eigenvalue weighted by Crippen LogP contribution is -2.04. The van der Waals surface area contributed by atoms with Gasteiger partial charge < -0.3 is 4.74 Å². The Bertz CT molecular complexity index is 814. The van der Waals surface area contributed by atoms with Gasteiger partial charge in [-0.3, -0.25) is 4.98 Å². The number of hydrogen-bond acceptors (Lipinski definition) is 3. The molecule has 3 rings (SSSR count). The molecule has 0 N–H and O–H groups in total. The van der Waals surface area contributed by atoms with E-state index in [1.165, 1.54) is 12.3 Å². The van der Waals surface area contributed by atoms with Crippen LogP contribution in [0.15, 0.2) is 48.7 Å². The van der Waals surface area contributed by atoms with E-state index in [0.717, 1.165) is 17.7 Å². The molecule has 22 heavy (non-hydrogen) atoms. The Morgan fingerprint density at radius 2 is 1.68 bits per heavy atom. The van der Waals surface area contributed by atoms with Crippen LogP contribution in [0, 0.1) is 0 Å². The van der Waals surface area contributed by atoms with E-state index in [4.69, 9.17) is 4.74 Å². The SMILES string of the molecule is COc1ccc(-c2cnc3ccc(C(F)(F)F)cc3n2)cc1. The Morgan fingerprint density at radius 3 is 2.32 bits per heavy atom. The van der Waals surface area contributed by atoms with Crippen LogP contribution in [0.3, 0.4) is 0 Å². The molecule has 0 saturated carbocycles. The van der Waals surface area contributed by atoms with E-state index in [1.807, 2.05) is 0 Å². The van der Waals surface area contributed by atoms with Crippen LogP contribution in [0.1, 0.15) is 5.56 Å². The second-order valence-electron chi connectivity index (χ2n) is 4.68. The van der Waals surface area contributed by atoms with Crippen molar-refractivity contribution in [1.82, 2.24) is 9.97 Å². The average molecular weight is 304 g/mol. The van der Waals surface area contributed by atoms with Gasteiger partial charge in [-0.2, -0.15) is 13.2 Å². The highest BCUT2D eigenvalue weighted by atomic mass is 19.4. The maximum Gasteiger partial charge on any atom is 0.416 e. The minimum Gasteiger partial charge on any atom is -0.497 e. The smallest absolute Gasteiger partial charge is 0.416 e. The van der Waals surface area contributed by atoms with Crippen LogP contribution in [0.2, 0.25) is 0 Å². The molecule has 3 nitrogen and oxygen atoms in total. The average Bonchev–Trinajstić information content (AvgIpc) is 2.53. The highest BCUT2D eigenvalue weighted by Gasteiger charge is 2.30. The summed E-state index contributed by atoms with van der Waals surface area (Å²) in [5, 5.41) is 0. The molecule has 0 aliphatic rings. The van der Waals surface area contributed by atoms with E-state index < -0.39 is 11.7 Å². The van der Waals surface area contributed by atoms with Gasteiger partial charge in [0.05, 0.1) is 35.6 Å². The summed E-state index contributed by atoms with van der Waals surface area (Å²) in [6.07, 6.45) is -2.86. The van der Waals surface area contributed by atoms with Gasteiger partial charge in [0.2, 0.25) is 0 Å². The van der Waals surface area contributed by atoms with Crippen molar-refractivity contribution in [2.45, 2.75) is 6.18 Å². The zero-order valence-electron chi connectivity index (χ0n) is 11.6. The van der Waals surface area contributed by atoms with E-state index in [0.29, 0.717) is 17.0 Å². The topological polar surface area (TPSA) is 35.0 Å². The van der Waals surface area contributed by atoms with Gasteiger partial charge in [0.1, 0.15) is 5.75 Å². The number of hydrogen-bond donors (Lipinski definition) is 0. The third-order valence-corrected chi connectivity index (χ3v) is 3.26. The van der Waals surface area contributed by atoms with E-state index in [2.05, 4.69) is 9.97 Å². The van der Waals surface area contributed by atoms with Crippen LogP contribution in [0.5, 0.6) is 5.75 Å². The number of methoxy groups -OCH3 is 1. The third kappa shape index (κ3) is 2.72. The van der Waals surface area contributed by atoms with Crippen molar-refractivity contribution in [2.75, 3.05) is 7.11 Å². The summed E-state index contributed by atoms with van der Waals surface area (Å²) in [5.74, 6) is 0.692. The fourth-order valence-electron chi connectivity index (χ4n) is 2.09. The molecule has 0 amide bonds. The summed E-state index contributed by atoms with van der Waals surface area (Å²) in [5.41, 5.74) is 1.16. The number of aromatic nitrogens is 2. The van der Waals surface area contributed by atoms with Crippen molar-refractivity contribution in [3.8, 4) is 17.0 Å². The number of halogens is 3. The summed E-state index contributed by atoms with van der Waals surface area (Å²) < 4.78 is 43.3. The Balaban J connectivity index is 2.07. The van der Waals surface area contributed by atoms with Crippen molar-refractivity contribution in [2.24, 2.45) is 0 Å². The standard InChI is InChI=1S/C16H11F3N2O/c1-22-12-5-2-10(3-6-12)15-9-20-13-7-4-11(16(17,18)19)8-14(13)21-15/h2-9H,1H3. The molecule has 0 saturated heterocycles. The first kappa shape index (κ1) is 14.3. The molecule has 0 aliphatic heterocycles. The molecule has 112 valence electrons. The first-order chi connectivity index (χ1) is 10.5. The quantitative estimate of drug-likeness (QED) is 0.707. The van der Waals surface area contributed by atoms with Crippen molar-refractivity contribution in [3.63, 3.8) is 0 Å². The largest absolute Gasteiger partial charge is 0.497 e. The summed E-state index contributed by atoms with van der Waals surface area (Å²) in [4.78, 5) is 8.43. The van der Waals surface area contributed by atoms with E-state index in [-0.39, 0.29) is 5.52 Å². The van der Waals surface area contributed by atoms with E-state index in [9.17, 15) is 13.2 Å². The lowest BCUT2D eigenvalue weighted by Gasteiger charge is -2.08. The fraction of sp³-hybridized carbons (Fsp3) is 0.125. The minimum absolute atomic E-state index is 0.211. The number of alkyl halides is 3. The highest BCUT2D eigenvalue weighted by molar-refractivity contribution is 5.78. The Kier molecular flexibility index (Phi) is 3.44. The van der Waals surface area contributed by atoms with Crippen LogP contribution >= 0.6 is 0 Å². The molecule has 6 heteroatoms. The molecule has 0 fully saturated rings. The normalized spacial score (nSPS) is 11.6. The van der Waals surface area contributed by atoms with Crippen LogP contribution in [0.4, 0.5) is 13.2 Å². The van der Waals surface area contributed by atoms with Gasteiger partial charge in [0.15, 0.2) is 0 Å².